The number of rotatable bonds is 4. The Labute approximate surface area is 191 Å². The van der Waals surface area contributed by atoms with Crippen molar-refractivity contribution in [3.8, 4) is 0 Å². The van der Waals surface area contributed by atoms with Crippen LogP contribution in [0.3, 0.4) is 0 Å². The molecule has 3 unspecified atom stereocenters. The monoisotopic (exact) mass is 450 g/mol. The Balaban J connectivity index is 1.23. The molecule has 0 amide bonds. The summed E-state index contributed by atoms with van der Waals surface area (Å²) in [5.41, 5.74) is 0.203. The fraction of sp³-hybridized carbons (Fsp3) is 0.926. The summed E-state index contributed by atoms with van der Waals surface area (Å²) >= 11 is 0. The summed E-state index contributed by atoms with van der Waals surface area (Å²) in [6, 6.07) is 0. The minimum absolute atomic E-state index is 0.229. The normalized spacial score (nSPS) is 50.2. The number of hydrogen-bond acceptors (Lipinski definition) is 3. The van der Waals surface area contributed by atoms with Crippen molar-refractivity contribution in [1.29, 1.82) is 0 Å². The van der Waals surface area contributed by atoms with Crippen molar-refractivity contribution in [1.82, 2.24) is 0 Å². The molecule has 32 heavy (non-hydrogen) atoms. The molecular weight excluding hydrogens is 410 g/mol. The summed E-state index contributed by atoms with van der Waals surface area (Å²) in [6.07, 6.45) is 13.1. The largest absolute Gasteiger partial charge is 0.374 e. The summed E-state index contributed by atoms with van der Waals surface area (Å²) in [4.78, 5) is 0. The van der Waals surface area contributed by atoms with E-state index in [4.69, 9.17) is 14.2 Å². The van der Waals surface area contributed by atoms with Crippen LogP contribution < -0.4 is 0 Å². The Hall–Kier alpha value is -0.520. The molecule has 8 atom stereocenters. The van der Waals surface area contributed by atoms with Crippen LogP contribution in [0, 0.1) is 28.6 Å². The number of alkyl halides is 2. The zero-order valence-electron chi connectivity index (χ0n) is 19.8. The first-order valence-electron chi connectivity index (χ1n) is 13.3. The highest BCUT2D eigenvalue weighted by molar-refractivity contribution is 5.32. The van der Waals surface area contributed by atoms with Crippen LogP contribution in [0.25, 0.3) is 0 Å². The van der Waals surface area contributed by atoms with E-state index in [1.54, 1.807) is 0 Å². The molecule has 1 saturated heterocycles. The highest BCUT2D eigenvalue weighted by Crippen LogP contribution is 2.67. The third-order valence-corrected chi connectivity index (χ3v) is 10.4. The highest BCUT2D eigenvalue weighted by Gasteiger charge is 2.64. The van der Waals surface area contributed by atoms with Crippen LogP contribution in [-0.4, -0.2) is 37.1 Å². The van der Waals surface area contributed by atoms with Crippen LogP contribution in [0.5, 0.6) is 0 Å². The molecule has 0 N–H and O–H groups in total. The first-order valence-corrected chi connectivity index (χ1v) is 13.3. The van der Waals surface area contributed by atoms with Crippen LogP contribution in [0.2, 0.25) is 0 Å². The molecule has 3 nitrogen and oxygen atoms in total. The summed E-state index contributed by atoms with van der Waals surface area (Å²) in [5, 5.41) is 0. The second kappa shape index (κ2) is 7.75. The molecule has 1 aliphatic heterocycles. The second-order valence-electron chi connectivity index (χ2n) is 12.2. The molecule has 6 aliphatic rings. The van der Waals surface area contributed by atoms with E-state index < -0.39 is 23.7 Å². The lowest BCUT2D eigenvalue weighted by molar-refractivity contribution is -0.246. The van der Waals surface area contributed by atoms with E-state index in [0.29, 0.717) is 48.6 Å². The lowest BCUT2D eigenvalue weighted by Crippen LogP contribution is -2.57. The van der Waals surface area contributed by atoms with Gasteiger partial charge in [-0.3, -0.25) is 0 Å². The molecule has 0 bridgehead atoms. The number of ether oxygens (including phenoxy) is 3. The maximum absolute atomic E-state index is 15.9. The van der Waals surface area contributed by atoms with Crippen LogP contribution in [0.15, 0.2) is 11.6 Å². The maximum Gasteiger partial charge on any atom is 0.295 e. The molecule has 4 saturated carbocycles. The predicted octanol–water partition coefficient (Wildman–Crippen LogP) is 6.65. The minimum Gasteiger partial charge on any atom is -0.374 e. The minimum atomic E-state index is -2.90. The summed E-state index contributed by atoms with van der Waals surface area (Å²) in [5.74, 6) is -1.41. The summed E-state index contributed by atoms with van der Waals surface area (Å²) in [7, 11) is 0. The third-order valence-electron chi connectivity index (χ3n) is 10.4. The van der Waals surface area contributed by atoms with Crippen molar-refractivity contribution in [2.45, 2.75) is 121 Å². The number of allylic oxidation sites excluding steroid dienone is 1. The topological polar surface area (TPSA) is 27.7 Å². The van der Waals surface area contributed by atoms with Gasteiger partial charge in [0.2, 0.25) is 0 Å². The van der Waals surface area contributed by atoms with Crippen molar-refractivity contribution >= 4 is 0 Å². The molecule has 5 aliphatic carbocycles. The molecule has 0 aromatic rings. The van der Waals surface area contributed by atoms with E-state index in [1.807, 2.05) is 6.08 Å². The van der Waals surface area contributed by atoms with Crippen LogP contribution in [-0.2, 0) is 14.2 Å². The third kappa shape index (κ3) is 3.35. The van der Waals surface area contributed by atoms with Gasteiger partial charge >= 0.3 is 0 Å². The summed E-state index contributed by atoms with van der Waals surface area (Å²) in [6.45, 7) is 5.21. The van der Waals surface area contributed by atoms with Crippen LogP contribution >= 0.6 is 0 Å². The van der Waals surface area contributed by atoms with Crippen molar-refractivity contribution in [3.05, 3.63) is 11.6 Å². The van der Waals surface area contributed by atoms with Crippen molar-refractivity contribution in [2.75, 3.05) is 6.61 Å². The molecule has 0 radical (unpaired) electrons. The second-order valence-corrected chi connectivity index (χ2v) is 12.2. The smallest absolute Gasteiger partial charge is 0.295 e. The van der Waals surface area contributed by atoms with Gasteiger partial charge in [-0.25, -0.2) is 0 Å². The molecule has 0 spiro atoms. The van der Waals surface area contributed by atoms with E-state index in [-0.39, 0.29) is 5.41 Å². The standard InChI is InChI=1S/C27H40F2O3/c1-25-15-13-23(32-24-5-3-4-16-30-24)27(28,29)21(25)10-8-18-19-9-11-22(31-17-6-7-17)26(19,2)14-12-20(18)25/h10,17-20,22-24H,3-9,11-16H2,1-2H3/t18-,19-,20+,22?,23?,24?,25+,26-/m0/s1. The van der Waals surface area contributed by atoms with Crippen molar-refractivity contribution in [2.24, 2.45) is 28.6 Å². The van der Waals surface area contributed by atoms with E-state index in [2.05, 4.69) is 13.8 Å². The van der Waals surface area contributed by atoms with Gasteiger partial charge in [0.25, 0.3) is 5.92 Å². The Morgan fingerprint density at radius 2 is 1.72 bits per heavy atom. The van der Waals surface area contributed by atoms with E-state index >= 15 is 8.78 Å². The Morgan fingerprint density at radius 1 is 0.875 bits per heavy atom. The fourth-order valence-electron chi connectivity index (χ4n) is 8.48. The quantitative estimate of drug-likeness (QED) is 0.449. The van der Waals surface area contributed by atoms with Gasteiger partial charge in [-0.15, -0.1) is 0 Å². The lowest BCUT2D eigenvalue weighted by Gasteiger charge is -2.59. The molecule has 5 heteroatoms. The van der Waals surface area contributed by atoms with Gasteiger partial charge in [-0.2, -0.15) is 8.78 Å². The van der Waals surface area contributed by atoms with E-state index in [9.17, 15) is 0 Å². The Morgan fingerprint density at radius 3 is 2.47 bits per heavy atom. The van der Waals surface area contributed by atoms with Gasteiger partial charge < -0.3 is 14.2 Å². The molecule has 0 aromatic heterocycles. The lowest BCUT2D eigenvalue weighted by atomic mass is 9.47. The highest BCUT2D eigenvalue weighted by atomic mass is 19.3. The molecule has 5 fully saturated rings. The molecule has 180 valence electrons. The number of hydrogen-bond donors (Lipinski definition) is 0. The fourth-order valence-corrected chi connectivity index (χ4v) is 8.48. The molecular formula is C27H40F2O3. The van der Waals surface area contributed by atoms with Gasteiger partial charge in [-0.05, 0) is 106 Å². The average Bonchev–Trinajstić information content (AvgIpc) is 3.52. The van der Waals surface area contributed by atoms with Crippen molar-refractivity contribution in [3.63, 3.8) is 0 Å². The van der Waals surface area contributed by atoms with Crippen molar-refractivity contribution < 1.29 is 23.0 Å². The Bertz CT molecular complexity index is 758. The van der Waals surface area contributed by atoms with E-state index in [0.717, 1.165) is 51.4 Å². The van der Waals surface area contributed by atoms with Gasteiger partial charge in [0.05, 0.1) is 12.2 Å². The zero-order valence-corrected chi connectivity index (χ0v) is 19.8. The molecule has 6 rings (SSSR count). The number of fused-ring (bicyclic) bond motifs is 5. The number of halogens is 2. The zero-order chi connectivity index (χ0) is 22.1. The first-order chi connectivity index (χ1) is 15.3. The average molecular weight is 451 g/mol. The molecule has 0 aromatic carbocycles. The van der Waals surface area contributed by atoms with Gasteiger partial charge in [0.15, 0.2) is 6.29 Å². The van der Waals surface area contributed by atoms with Gasteiger partial charge in [0, 0.05) is 12.2 Å². The van der Waals surface area contributed by atoms with Gasteiger partial charge in [0.1, 0.15) is 6.10 Å². The predicted molar refractivity (Wildman–Crippen MR) is 118 cm³/mol. The Kier molecular flexibility index (Phi) is 5.32. The molecule has 1 heterocycles. The maximum atomic E-state index is 15.9. The van der Waals surface area contributed by atoms with E-state index in [1.165, 1.54) is 19.3 Å². The summed E-state index contributed by atoms with van der Waals surface area (Å²) < 4.78 is 49.7. The van der Waals surface area contributed by atoms with Gasteiger partial charge in [-0.1, -0.05) is 19.9 Å². The van der Waals surface area contributed by atoms with Crippen LogP contribution in [0.4, 0.5) is 8.78 Å². The SMILES string of the molecule is C[C@]12CCC(OC3CCCCO3)C(F)(F)C1=CC[C@@H]1[C@H]2CC[C@]2(C)C(OC3CC3)CC[C@@H]12. The van der Waals surface area contributed by atoms with Crippen LogP contribution in [0.1, 0.15) is 90.9 Å². The first kappa shape index (κ1) is 22.0.